The van der Waals surface area contributed by atoms with Gasteiger partial charge in [0.25, 0.3) is 0 Å². The van der Waals surface area contributed by atoms with Gasteiger partial charge in [-0.2, -0.15) is 0 Å². The number of nitro benzene ring substituents is 1. The van der Waals surface area contributed by atoms with E-state index in [1.165, 1.54) is 20.3 Å². The number of allylic oxidation sites excluding steroid dienone is 1. The number of halogens is 1. The van der Waals surface area contributed by atoms with Crippen LogP contribution in [-0.4, -0.2) is 19.1 Å². The van der Waals surface area contributed by atoms with Crippen LogP contribution in [0.25, 0.3) is 6.08 Å². The number of hydrogen-bond acceptors (Lipinski definition) is 4. The number of rotatable bonds is 7. The summed E-state index contributed by atoms with van der Waals surface area (Å²) in [6, 6.07) is 2.98. The Hall–Kier alpha value is -0.815. The normalized spacial score (nSPS) is 10.3. The molecule has 0 atom stereocenters. The minimum atomic E-state index is -1.13. The van der Waals surface area contributed by atoms with Crippen molar-refractivity contribution >= 4 is 20.0 Å². The van der Waals surface area contributed by atoms with Crippen molar-refractivity contribution in [1.29, 1.82) is 0 Å². The molecule has 7 heteroatoms. The number of benzene rings is 1. The maximum absolute atomic E-state index is 11.0. The fourth-order valence-corrected chi connectivity index (χ4v) is 4.45. The van der Waals surface area contributed by atoms with Gasteiger partial charge in [-0.3, -0.25) is 0 Å². The minimum absolute atomic E-state index is 0.00404. The van der Waals surface area contributed by atoms with Gasteiger partial charge in [-0.25, -0.2) is 0 Å². The first-order valence-corrected chi connectivity index (χ1v) is 16.4. The van der Waals surface area contributed by atoms with Crippen LogP contribution < -0.4 is 9.47 Å². The summed E-state index contributed by atoms with van der Waals surface area (Å²) in [5.74, 6) is 0.828. The monoisotopic (exact) mass is 473 g/mol. The molecule has 0 spiro atoms. The molecule has 0 N–H and O–H groups in total. The van der Waals surface area contributed by atoms with E-state index in [0.717, 1.165) is 10.4 Å². The predicted molar refractivity (Wildman–Crippen MR) is 70.5 cm³/mol. The van der Waals surface area contributed by atoms with E-state index < -0.39 is 28.3 Å². The van der Waals surface area contributed by atoms with Crippen molar-refractivity contribution in [3.05, 3.63) is 33.9 Å². The zero-order valence-electron chi connectivity index (χ0n) is 10.9. The topological polar surface area (TPSA) is 61.6 Å². The van der Waals surface area contributed by atoms with E-state index >= 15 is 0 Å². The van der Waals surface area contributed by atoms with Crippen LogP contribution in [0.5, 0.6) is 11.5 Å². The Kier molecular flexibility index (Phi) is 7.16. The molecule has 0 amide bonds. The van der Waals surface area contributed by atoms with E-state index in [1.807, 2.05) is 6.08 Å². The fourth-order valence-electron chi connectivity index (χ4n) is 1.58. The van der Waals surface area contributed by atoms with Gasteiger partial charge in [-0.1, -0.05) is 0 Å². The van der Waals surface area contributed by atoms with Crippen molar-refractivity contribution in [3.63, 3.8) is 0 Å². The van der Waals surface area contributed by atoms with Gasteiger partial charge in [0.05, 0.1) is 0 Å². The zero-order chi connectivity index (χ0) is 14.3. The Morgan fingerprint density at radius 3 is 2.53 bits per heavy atom. The average molecular weight is 472 g/mol. The Labute approximate surface area is 127 Å². The number of methoxy groups -OCH3 is 2. The Morgan fingerprint density at radius 2 is 2.00 bits per heavy atom. The summed E-state index contributed by atoms with van der Waals surface area (Å²) in [7, 11) is 8.74. The van der Waals surface area contributed by atoms with Gasteiger partial charge in [0, 0.05) is 0 Å². The maximum atomic E-state index is 11.0. The van der Waals surface area contributed by atoms with Crippen molar-refractivity contribution in [2.45, 2.75) is 10.4 Å². The van der Waals surface area contributed by atoms with Gasteiger partial charge in [-0.15, -0.1) is 0 Å². The molecule has 0 radical (unpaired) electrons. The number of hydrogen-bond donors (Lipinski definition) is 0. The molecule has 0 aliphatic rings. The van der Waals surface area contributed by atoms with Gasteiger partial charge in [0.1, 0.15) is 0 Å². The zero-order valence-corrected chi connectivity index (χ0v) is 17.1. The molecular formula is C12H14ClHgNO4. The quantitative estimate of drug-likeness (QED) is 0.263. The SMILES string of the molecule is COc1cc(/C=C/C[CH2][Hg][Cl])c([N+](=O)[O-])cc1OC. The van der Waals surface area contributed by atoms with E-state index in [2.05, 4.69) is 0 Å². The van der Waals surface area contributed by atoms with Crippen LogP contribution in [0.4, 0.5) is 5.69 Å². The Balaban J connectivity index is 3.12. The molecule has 5 nitrogen and oxygen atoms in total. The number of nitrogens with zero attached hydrogens (tertiary/aromatic N) is 1. The van der Waals surface area contributed by atoms with Gasteiger partial charge >= 0.3 is 128 Å². The second-order valence-electron chi connectivity index (χ2n) is 3.76. The predicted octanol–water partition coefficient (Wildman–Crippen LogP) is 3.67. The Bertz CT molecular complexity index is 479. The molecule has 0 aromatic heterocycles. The molecular weight excluding hydrogens is 458 g/mol. The third-order valence-electron chi connectivity index (χ3n) is 2.53. The van der Waals surface area contributed by atoms with Crippen LogP contribution in [0.1, 0.15) is 12.0 Å². The Morgan fingerprint density at radius 1 is 1.37 bits per heavy atom. The number of ether oxygens (including phenoxy) is 2. The molecule has 19 heavy (non-hydrogen) atoms. The van der Waals surface area contributed by atoms with Crippen molar-refractivity contribution in [2.24, 2.45) is 0 Å². The molecule has 0 fully saturated rings. The molecule has 1 aromatic rings. The molecule has 0 aliphatic carbocycles. The van der Waals surface area contributed by atoms with Crippen molar-refractivity contribution < 1.29 is 37.7 Å². The van der Waals surface area contributed by atoms with E-state index in [-0.39, 0.29) is 5.69 Å². The summed E-state index contributed by atoms with van der Waals surface area (Å²) in [5, 5.41) is 11.0. The summed E-state index contributed by atoms with van der Waals surface area (Å²) in [6.45, 7) is 0. The van der Waals surface area contributed by atoms with E-state index in [1.54, 1.807) is 12.1 Å². The van der Waals surface area contributed by atoms with E-state index in [4.69, 9.17) is 17.7 Å². The van der Waals surface area contributed by atoms with Gasteiger partial charge in [-0.05, 0) is 0 Å². The van der Waals surface area contributed by atoms with Crippen LogP contribution in [0.2, 0.25) is 3.93 Å². The second kappa shape index (κ2) is 8.37. The molecule has 1 rings (SSSR count). The van der Waals surface area contributed by atoms with Crippen molar-refractivity contribution in [1.82, 2.24) is 0 Å². The van der Waals surface area contributed by atoms with E-state index in [0.29, 0.717) is 17.1 Å². The summed E-state index contributed by atoms with van der Waals surface area (Å²) >= 11 is -1.13. The summed E-state index contributed by atoms with van der Waals surface area (Å²) in [4.78, 5) is 10.6. The van der Waals surface area contributed by atoms with Crippen molar-refractivity contribution in [3.8, 4) is 11.5 Å². The molecule has 0 unspecified atom stereocenters. The third-order valence-corrected chi connectivity index (χ3v) is 7.50. The van der Waals surface area contributed by atoms with Crippen LogP contribution >= 0.6 is 8.25 Å². The van der Waals surface area contributed by atoms with Crippen LogP contribution in [-0.2, 0) is 23.3 Å². The fraction of sp³-hybridized carbons (Fsp3) is 0.333. The van der Waals surface area contributed by atoms with Crippen LogP contribution in [0.3, 0.4) is 0 Å². The van der Waals surface area contributed by atoms with Crippen LogP contribution in [0, 0.1) is 10.1 Å². The first-order valence-electron chi connectivity index (χ1n) is 5.77. The molecule has 1 aromatic carbocycles. The first-order chi connectivity index (χ1) is 9.13. The standard InChI is InChI=1S/C12H14NO4.ClH.Hg/c1-4-5-6-9-7-11(16-2)12(17-3)8-10(9)13(14)15;;/h5-8H,1,4H2,2-3H3;1H;/q;;+1/p-1/b6-5+;;. The van der Waals surface area contributed by atoms with E-state index in [9.17, 15) is 10.1 Å². The average Bonchev–Trinajstić information content (AvgIpc) is 2.42. The first kappa shape index (κ1) is 16.2. The third kappa shape index (κ3) is 4.65. The summed E-state index contributed by atoms with van der Waals surface area (Å²) < 4.78 is 11.3. The molecule has 0 aliphatic heterocycles. The molecule has 0 saturated heterocycles. The summed E-state index contributed by atoms with van der Waals surface area (Å²) in [5.41, 5.74) is 0.512. The van der Waals surface area contributed by atoms with Gasteiger partial charge in [0.15, 0.2) is 0 Å². The molecule has 0 saturated carbocycles. The number of nitro groups is 1. The van der Waals surface area contributed by atoms with Gasteiger partial charge in [0.2, 0.25) is 0 Å². The molecule has 0 heterocycles. The summed E-state index contributed by atoms with van der Waals surface area (Å²) in [6.07, 6.45) is 4.52. The second-order valence-corrected chi connectivity index (χ2v) is 11.3. The molecule has 0 bridgehead atoms. The van der Waals surface area contributed by atoms with Crippen LogP contribution in [0.15, 0.2) is 18.2 Å². The van der Waals surface area contributed by atoms with Gasteiger partial charge < -0.3 is 0 Å². The van der Waals surface area contributed by atoms with Crippen molar-refractivity contribution in [2.75, 3.05) is 14.2 Å². The molecule has 100 valence electrons.